The first-order chi connectivity index (χ1) is 11.4. The maximum Gasteiger partial charge on any atom is 0.313 e. The zero-order valence-corrected chi connectivity index (χ0v) is 14.5. The molecule has 6 aliphatic rings. The number of hydrogen-bond donors (Lipinski definition) is 2. The molecule has 0 amide bonds. The van der Waals surface area contributed by atoms with E-state index in [4.69, 9.17) is 4.74 Å². The van der Waals surface area contributed by atoms with E-state index >= 15 is 0 Å². The molecule has 4 bridgehead atoms. The summed E-state index contributed by atoms with van der Waals surface area (Å²) in [6.07, 6.45) is 5.56. The summed E-state index contributed by atoms with van der Waals surface area (Å²) in [5.41, 5.74) is 0.219. The fourth-order valence-electron chi connectivity index (χ4n) is 7.81. The molecule has 6 fully saturated rings. The van der Waals surface area contributed by atoms with Crippen molar-refractivity contribution in [1.82, 2.24) is 0 Å². The van der Waals surface area contributed by atoms with E-state index in [-0.39, 0.29) is 35.2 Å². The van der Waals surface area contributed by atoms with Crippen LogP contribution in [0.3, 0.4) is 0 Å². The molecule has 1 saturated heterocycles. The van der Waals surface area contributed by atoms with Crippen molar-refractivity contribution >= 4 is 5.97 Å². The molecular weight excluding hydrogens is 304 g/mol. The highest BCUT2D eigenvalue weighted by atomic mass is 16.6. The van der Waals surface area contributed by atoms with Crippen LogP contribution in [0, 0.1) is 34.0 Å². The van der Waals surface area contributed by atoms with Gasteiger partial charge >= 0.3 is 5.97 Å². The van der Waals surface area contributed by atoms with Crippen molar-refractivity contribution in [3.8, 4) is 0 Å². The van der Waals surface area contributed by atoms with Crippen molar-refractivity contribution in [2.75, 3.05) is 6.61 Å². The number of hydrogen-bond acceptors (Lipinski definition) is 4. The van der Waals surface area contributed by atoms with Gasteiger partial charge in [-0.05, 0) is 55.8 Å². The first-order valence-corrected chi connectivity index (χ1v) is 9.57. The Morgan fingerprint density at radius 3 is 2.83 bits per heavy atom. The molecular formula is C20H28O4. The average Bonchev–Trinajstić information content (AvgIpc) is 2.86. The molecule has 24 heavy (non-hydrogen) atoms. The Labute approximate surface area is 143 Å². The van der Waals surface area contributed by atoms with Gasteiger partial charge in [0.15, 0.2) is 0 Å². The van der Waals surface area contributed by atoms with Crippen LogP contribution in [-0.2, 0) is 9.53 Å². The average molecular weight is 332 g/mol. The number of allylic oxidation sites excluding steroid dienone is 1. The number of fused-ring (bicyclic) bond motifs is 2. The van der Waals surface area contributed by atoms with Crippen molar-refractivity contribution in [2.24, 2.45) is 34.0 Å². The third kappa shape index (κ3) is 1.44. The summed E-state index contributed by atoms with van der Waals surface area (Å²) in [7, 11) is 0. The second kappa shape index (κ2) is 4.45. The highest BCUT2D eigenvalue weighted by molar-refractivity contribution is 5.82. The Morgan fingerprint density at radius 2 is 2.12 bits per heavy atom. The van der Waals surface area contributed by atoms with Crippen molar-refractivity contribution in [3.63, 3.8) is 0 Å². The Balaban J connectivity index is 1.71. The highest BCUT2D eigenvalue weighted by Gasteiger charge is 2.78. The highest BCUT2D eigenvalue weighted by Crippen LogP contribution is 2.74. The first-order valence-electron chi connectivity index (χ1n) is 9.57. The second-order valence-electron chi connectivity index (χ2n) is 9.59. The van der Waals surface area contributed by atoms with Crippen LogP contribution < -0.4 is 0 Å². The first kappa shape index (κ1) is 15.4. The molecule has 4 nitrogen and oxygen atoms in total. The molecule has 0 aromatic carbocycles. The normalized spacial score (nSPS) is 58.2. The quantitative estimate of drug-likeness (QED) is 0.572. The Bertz CT molecular complexity index is 629. The molecule has 1 heterocycles. The van der Waals surface area contributed by atoms with Gasteiger partial charge in [-0.1, -0.05) is 25.5 Å². The number of carbonyl (C=O) groups excluding carboxylic acids is 1. The largest absolute Gasteiger partial charge is 0.459 e. The molecule has 5 saturated carbocycles. The topological polar surface area (TPSA) is 66.8 Å². The van der Waals surface area contributed by atoms with Gasteiger partial charge in [0.25, 0.3) is 0 Å². The van der Waals surface area contributed by atoms with E-state index in [1.807, 2.05) is 0 Å². The minimum Gasteiger partial charge on any atom is -0.459 e. The second-order valence-corrected chi connectivity index (χ2v) is 9.59. The summed E-state index contributed by atoms with van der Waals surface area (Å²) in [6.45, 7) is 6.43. The van der Waals surface area contributed by atoms with E-state index in [0.717, 1.165) is 44.9 Å². The lowest BCUT2D eigenvalue weighted by Crippen LogP contribution is -2.69. The molecule has 132 valence electrons. The summed E-state index contributed by atoms with van der Waals surface area (Å²) in [4.78, 5) is 13.1. The van der Waals surface area contributed by atoms with Crippen LogP contribution in [0.25, 0.3) is 0 Å². The van der Waals surface area contributed by atoms with Crippen molar-refractivity contribution in [1.29, 1.82) is 0 Å². The van der Waals surface area contributed by atoms with E-state index < -0.39 is 17.6 Å². The van der Waals surface area contributed by atoms with Crippen molar-refractivity contribution < 1.29 is 19.7 Å². The van der Waals surface area contributed by atoms with Gasteiger partial charge in [0.1, 0.15) is 6.10 Å². The van der Waals surface area contributed by atoms with Gasteiger partial charge in [-0.2, -0.15) is 0 Å². The van der Waals surface area contributed by atoms with Crippen LogP contribution in [0.4, 0.5) is 0 Å². The van der Waals surface area contributed by atoms with Crippen LogP contribution in [0.2, 0.25) is 0 Å². The van der Waals surface area contributed by atoms with Gasteiger partial charge in [-0.3, -0.25) is 4.79 Å². The number of carbonyl (C=O) groups is 1. The van der Waals surface area contributed by atoms with Crippen LogP contribution in [-0.4, -0.2) is 35.0 Å². The summed E-state index contributed by atoms with van der Waals surface area (Å²) in [5.74, 6) is 0.545. The standard InChI is InChI=1S/C20H28O4/c1-11-9-19-7-4-12(11)8-13(19)20-6-3-5-18(2,10-21)15(20)14(16(19)22)24-17(20)23/h12-16,21-22H,1,3-10H2,2H3/t12-,13+,14+,15?,16-,18-,19+,20+/m0/s1. The molecule has 8 atom stereocenters. The van der Waals surface area contributed by atoms with Crippen LogP contribution >= 0.6 is 0 Å². The molecule has 1 unspecified atom stereocenters. The SMILES string of the molecule is C=C1C[C@]23CC[C@H]1C[C@H]2[C@]12CCC[C@@](C)(CO)C1[C@@H](OC2=O)[C@@H]3O. The Kier molecular flexibility index (Phi) is 2.85. The van der Waals surface area contributed by atoms with E-state index in [0.29, 0.717) is 5.92 Å². The predicted octanol–water partition coefficient (Wildman–Crippen LogP) is 2.43. The van der Waals surface area contributed by atoms with Crippen molar-refractivity contribution in [3.05, 3.63) is 12.2 Å². The number of aliphatic hydroxyl groups excluding tert-OH is 2. The maximum atomic E-state index is 13.1. The summed E-state index contributed by atoms with van der Waals surface area (Å²) in [5, 5.41) is 21.5. The van der Waals surface area contributed by atoms with Gasteiger partial charge in [0.2, 0.25) is 0 Å². The molecule has 1 spiro atoms. The number of ether oxygens (including phenoxy) is 1. The van der Waals surface area contributed by atoms with E-state index in [9.17, 15) is 15.0 Å². The number of esters is 1. The molecule has 0 aromatic heterocycles. The summed E-state index contributed by atoms with van der Waals surface area (Å²) >= 11 is 0. The van der Waals surface area contributed by atoms with Gasteiger partial charge in [-0.25, -0.2) is 0 Å². The fraction of sp³-hybridized carbons (Fsp3) is 0.850. The van der Waals surface area contributed by atoms with Crippen molar-refractivity contribution in [2.45, 2.75) is 64.1 Å². The van der Waals surface area contributed by atoms with Crippen LogP contribution in [0.1, 0.15) is 51.9 Å². The molecule has 4 heteroatoms. The lowest BCUT2D eigenvalue weighted by atomic mass is 9.36. The third-order valence-electron chi connectivity index (χ3n) is 8.79. The minimum atomic E-state index is -0.617. The Hall–Kier alpha value is -0.870. The molecule has 5 aliphatic carbocycles. The fourth-order valence-corrected chi connectivity index (χ4v) is 7.81. The summed E-state index contributed by atoms with van der Waals surface area (Å²) < 4.78 is 5.88. The molecule has 2 N–H and O–H groups in total. The van der Waals surface area contributed by atoms with E-state index in [1.165, 1.54) is 5.57 Å². The zero-order chi connectivity index (χ0) is 16.9. The Morgan fingerprint density at radius 1 is 1.33 bits per heavy atom. The molecule has 0 radical (unpaired) electrons. The molecule has 1 aliphatic heterocycles. The van der Waals surface area contributed by atoms with Gasteiger partial charge in [0, 0.05) is 17.9 Å². The van der Waals surface area contributed by atoms with E-state index in [1.54, 1.807) is 0 Å². The van der Waals surface area contributed by atoms with Gasteiger partial charge in [0.05, 0.1) is 11.5 Å². The van der Waals surface area contributed by atoms with E-state index in [2.05, 4.69) is 13.5 Å². The monoisotopic (exact) mass is 332 g/mol. The van der Waals surface area contributed by atoms with Gasteiger partial charge in [-0.15, -0.1) is 0 Å². The smallest absolute Gasteiger partial charge is 0.313 e. The van der Waals surface area contributed by atoms with Gasteiger partial charge < -0.3 is 14.9 Å². The third-order valence-corrected chi connectivity index (χ3v) is 8.79. The van der Waals surface area contributed by atoms with Crippen LogP contribution in [0.5, 0.6) is 0 Å². The molecule has 0 aromatic rings. The lowest BCUT2D eigenvalue weighted by molar-refractivity contribution is -0.224. The minimum absolute atomic E-state index is 0.0468. The predicted molar refractivity (Wildman–Crippen MR) is 87.9 cm³/mol. The summed E-state index contributed by atoms with van der Waals surface area (Å²) in [6, 6.07) is 0. The molecule has 6 rings (SSSR count). The lowest BCUT2D eigenvalue weighted by Gasteiger charge is -2.66. The van der Waals surface area contributed by atoms with Crippen LogP contribution in [0.15, 0.2) is 12.2 Å². The number of rotatable bonds is 1. The number of aliphatic hydroxyl groups is 2. The maximum absolute atomic E-state index is 13.1. The zero-order valence-electron chi connectivity index (χ0n) is 14.5.